The first-order valence-electron chi connectivity index (χ1n) is 9.82. The molecule has 1 N–H and O–H groups in total. The summed E-state index contributed by atoms with van der Waals surface area (Å²) in [6.45, 7) is 5.27. The van der Waals surface area contributed by atoms with E-state index in [-0.39, 0.29) is 0 Å². The van der Waals surface area contributed by atoms with Crippen LogP contribution in [0.1, 0.15) is 43.6 Å². The van der Waals surface area contributed by atoms with Gasteiger partial charge in [-0.2, -0.15) is 0 Å². The van der Waals surface area contributed by atoms with Crippen LogP contribution in [0.5, 0.6) is 11.5 Å². The predicted molar refractivity (Wildman–Crippen MR) is 112 cm³/mol. The number of esters is 1. The van der Waals surface area contributed by atoms with Gasteiger partial charge in [0, 0.05) is 11.1 Å². The Balaban J connectivity index is 1.70. The molecule has 0 saturated carbocycles. The van der Waals surface area contributed by atoms with Crippen molar-refractivity contribution in [1.29, 1.82) is 0 Å². The molecular weight excluding hydrogens is 380 g/mol. The summed E-state index contributed by atoms with van der Waals surface area (Å²) in [5, 5.41) is 10.5. The minimum atomic E-state index is -1.42. The third-order valence-electron chi connectivity index (χ3n) is 4.73. The highest BCUT2D eigenvalue weighted by Crippen LogP contribution is 2.48. The zero-order chi connectivity index (χ0) is 21.4. The molecule has 1 heterocycles. The molecule has 0 saturated heterocycles. The maximum atomic E-state index is 12.3. The lowest BCUT2D eigenvalue weighted by Crippen LogP contribution is -2.36. The largest absolute Gasteiger partial charge is 0.458 e. The van der Waals surface area contributed by atoms with E-state index in [1.807, 2.05) is 60.7 Å². The molecule has 0 radical (unpaired) electrons. The molecule has 1 atom stereocenters. The second-order valence-electron chi connectivity index (χ2n) is 8.19. The number of aliphatic hydroxyl groups is 1. The topological polar surface area (TPSA) is 65.0 Å². The molecule has 1 aliphatic rings. The van der Waals surface area contributed by atoms with Crippen LogP contribution < -0.4 is 9.47 Å². The van der Waals surface area contributed by atoms with Crippen molar-refractivity contribution in [3.05, 3.63) is 95.6 Å². The number of rotatable bonds is 4. The maximum Gasteiger partial charge on any atom is 0.340 e. The van der Waals surface area contributed by atoms with Gasteiger partial charge >= 0.3 is 11.8 Å². The Kier molecular flexibility index (Phi) is 5.00. The number of carbonyl (C=O) groups is 1. The summed E-state index contributed by atoms with van der Waals surface area (Å²) in [5.41, 5.74) is 1.36. The SMILES string of the molecule is CC(C)(C)OC(=O)[C@H](O)c1ccc2c(c1)OC(c1ccccc1)(c1ccccc1)O2. The Labute approximate surface area is 175 Å². The highest BCUT2D eigenvalue weighted by Gasteiger charge is 2.45. The van der Waals surface area contributed by atoms with Crippen molar-refractivity contribution in [2.24, 2.45) is 0 Å². The molecule has 5 nitrogen and oxygen atoms in total. The van der Waals surface area contributed by atoms with Crippen LogP contribution in [-0.4, -0.2) is 16.7 Å². The molecule has 0 bridgehead atoms. The Morgan fingerprint density at radius 2 is 1.40 bits per heavy atom. The molecule has 1 aliphatic heterocycles. The van der Waals surface area contributed by atoms with Gasteiger partial charge in [0.15, 0.2) is 17.6 Å². The van der Waals surface area contributed by atoms with Crippen LogP contribution in [0.2, 0.25) is 0 Å². The molecule has 0 aromatic heterocycles. The van der Waals surface area contributed by atoms with Crippen LogP contribution in [-0.2, 0) is 15.3 Å². The van der Waals surface area contributed by atoms with Crippen LogP contribution in [0.3, 0.4) is 0 Å². The standard InChI is InChI=1S/C25H24O5/c1-24(2,3)30-23(27)22(26)17-14-15-20-21(16-17)29-25(28-20,18-10-6-4-7-11-18)19-12-8-5-9-13-19/h4-16,22,26H,1-3H3/t22-/m1/s1. The van der Waals surface area contributed by atoms with Crippen molar-refractivity contribution >= 4 is 5.97 Å². The zero-order valence-corrected chi connectivity index (χ0v) is 17.2. The molecule has 154 valence electrons. The third-order valence-corrected chi connectivity index (χ3v) is 4.73. The fraction of sp³-hybridized carbons (Fsp3) is 0.240. The molecule has 0 amide bonds. The number of benzene rings is 3. The van der Waals surface area contributed by atoms with Gasteiger partial charge in [-0.3, -0.25) is 0 Å². The molecule has 5 heteroatoms. The number of aliphatic hydroxyl groups excluding tert-OH is 1. The van der Waals surface area contributed by atoms with Crippen LogP contribution >= 0.6 is 0 Å². The number of carbonyl (C=O) groups excluding carboxylic acids is 1. The average Bonchev–Trinajstić information content (AvgIpc) is 3.13. The lowest BCUT2D eigenvalue weighted by Gasteiger charge is -2.28. The van der Waals surface area contributed by atoms with Crippen molar-refractivity contribution in [2.75, 3.05) is 0 Å². The highest BCUT2D eigenvalue weighted by atomic mass is 16.7. The van der Waals surface area contributed by atoms with E-state index in [9.17, 15) is 9.90 Å². The normalized spacial score (nSPS) is 15.5. The first-order valence-corrected chi connectivity index (χ1v) is 9.82. The van der Waals surface area contributed by atoms with E-state index in [2.05, 4.69) is 0 Å². The van der Waals surface area contributed by atoms with Crippen molar-refractivity contribution in [3.8, 4) is 11.5 Å². The molecule has 4 rings (SSSR count). The highest BCUT2D eigenvalue weighted by molar-refractivity contribution is 5.77. The molecule has 30 heavy (non-hydrogen) atoms. The molecule has 0 unspecified atom stereocenters. The van der Waals surface area contributed by atoms with Crippen molar-refractivity contribution < 1.29 is 24.1 Å². The van der Waals surface area contributed by atoms with E-state index < -0.39 is 23.5 Å². The minimum absolute atomic E-state index is 0.378. The number of fused-ring (bicyclic) bond motifs is 1. The van der Waals surface area contributed by atoms with Crippen LogP contribution in [0.4, 0.5) is 0 Å². The monoisotopic (exact) mass is 404 g/mol. The van der Waals surface area contributed by atoms with Crippen LogP contribution in [0.15, 0.2) is 78.9 Å². The summed E-state index contributed by atoms with van der Waals surface area (Å²) in [6.07, 6.45) is -1.42. The van der Waals surface area contributed by atoms with Crippen molar-refractivity contribution in [2.45, 2.75) is 38.3 Å². The maximum absolute atomic E-state index is 12.3. The summed E-state index contributed by atoms with van der Waals surface area (Å²) in [5.74, 6) is -0.884. The van der Waals surface area contributed by atoms with Crippen LogP contribution in [0.25, 0.3) is 0 Å². The van der Waals surface area contributed by atoms with Gasteiger partial charge in [0.25, 0.3) is 0 Å². The van der Waals surface area contributed by atoms with E-state index in [1.165, 1.54) is 0 Å². The molecule has 3 aromatic rings. The second kappa shape index (κ2) is 7.50. The summed E-state index contributed by atoms with van der Waals surface area (Å²) in [7, 11) is 0. The third kappa shape index (κ3) is 3.76. The van der Waals surface area contributed by atoms with E-state index in [4.69, 9.17) is 14.2 Å². The van der Waals surface area contributed by atoms with E-state index in [1.54, 1.807) is 39.0 Å². The zero-order valence-electron chi connectivity index (χ0n) is 17.2. The lowest BCUT2D eigenvalue weighted by molar-refractivity contribution is -0.165. The minimum Gasteiger partial charge on any atom is -0.458 e. The van der Waals surface area contributed by atoms with E-state index in [0.29, 0.717) is 17.1 Å². The second-order valence-corrected chi connectivity index (χ2v) is 8.19. The summed E-state index contributed by atoms with van der Waals surface area (Å²) in [4.78, 5) is 12.3. The van der Waals surface area contributed by atoms with Crippen molar-refractivity contribution in [3.63, 3.8) is 0 Å². The fourth-order valence-electron chi connectivity index (χ4n) is 3.40. The van der Waals surface area contributed by atoms with Gasteiger partial charge in [-0.05, 0) is 38.5 Å². The smallest absolute Gasteiger partial charge is 0.340 e. The van der Waals surface area contributed by atoms with Gasteiger partial charge in [0.05, 0.1) is 0 Å². The first-order chi connectivity index (χ1) is 14.3. The number of hydrogen-bond acceptors (Lipinski definition) is 5. The molecule has 0 fully saturated rings. The fourth-order valence-corrected chi connectivity index (χ4v) is 3.40. The summed E-state index contributed by atoms with van der Waals surface area (Å²) in [6, 6.07) is 24.3. The molecular formula is C25H24O5. The van der Waals surface area contributed by atoms with E-state index >= 15 is 0 Å². The van der Waals surface area contributed by atoms with Crippen molar-refractivity contribution in [1.82, 2.24) is 0 Å². The van der Waals surface area contributed by atoms with Gasteiger partial charge in [-0.25, -0.2) is 4.79 Å². The Morgan fingerprint density at radius 3 is 1.93 bits per heavy atom. The van der Waals surface area contributed by atoms with E-state index in [0.717, 1.165) is 11.1 Å². The Bertz CT molecular complexity index is 999. The lowest BCUT2D eigenvalue weighted by atomic mass is 9.97. The predicted octanol–water partition coefficient (Wildman–Crippen LogP) is 4.73. The number of hydrogen-bond donors (Lipinski definition) is 1. The van der Waals surface area contributed by atoms with Gasteiger partial charge in [0.1, 0.15) is 5.60 Å². The van der Waals surface area contributed by atoms with Gasteiger partial charge in [-0.15, -0.1) is 0 Å². The van der Waals surface area contributed by atoms with Gasteiger partial charge in [0.2, 0.25) is 0 Å². The first kappa shape index (κ1) is 20.0. The van der Waals surface area contributed by atoms with Crippen LogP contribution in [0, 0.1) is 0 Å². The van der Waals surface area contributed by atoms with Gasteiger partial charge < -0.3 is 19.3 Å². The summed E-state index contributed by atoms with van der Waals surface area (Å²) >= 11 is 0. The molecule has 0 spiro atoms. The molecule has 0 aliphatic carbocycles. The quantitative estimate of drug-likeness (QED) is 0.637. The summed E-state index contributed by atoms with van der Waals surface area (Å²) < 4.78 is 18.0. The van der Waals surface area contributed by atoms with Gasteiger partial charge in [-0.1, -0.05) is 66.7 Å². The average molecular weight is 404 g/mol. The number of ether oxygens (including phenoxy) is 3. The Hall–Kier alpha value is -3.31. The molecule has 3 aromatic carbocycles. The Morgan fingerprint density at radius 1 is 0.867 bits per heavy atom.